The minimum Gasteiger partial charge on any atom is -0.506 e. The first-order chi connectivity index (χ1) is 10.4. The van der Waals surface area contributed by atoms with Gasteiger partial charge in [0.2, 0.25) is 10.0 Å². The summed E-state index contributed by atoms with van der Waals surface area (Å²) in [6, 6.07) is 3.96. The van der Waals surface area contributed by atoms with E-state index in [4.69, 9.17) is 4.74 Å². The van der Waals surface area contributed by atoms with Crippen molar-refractivity contribution >= 4 is 21.7 Å². The van der Waals surface area contributed by atoms with E-state index in [-0.39, 0.29) is 23.6 Å². The van der Waals surface area contributed by atoms with Gasteiger partial charge in [0.1, 0.15) is 5.75 Å². The Bertz CT molecular complexity index is 681. The molecule has 120 valence electrons. The van der Waals surface area contributed by atoms with Crippen LogP contribution >= 0.6 is 0 Å². The maximum absolute atomic E-state index is 12.3. The standard InChI is InChI=1S/C15H19NO5S/c1-2-21-15(18)11-8-9-13(14(17)10-11)16-22(19,20)12-6-4-3-5-7-12/h3-4,8-10,12,16-17H,2,5-7H2,1H3. The lowest BCUT2D eigenvalue weighted by molar-refractivity contribution is 0.0526. The Morgan fingerprint density at radius 1 is 1.41 bits per heavy atom. The number of benzene rings is 1. The van der Waals surface area contributed by atoms with Crippen LogP contribution in [0.15, 0.2) is 30.4 Å². The number of carbonyl (C=O) groups is 1. The van der Waals surface area contributed by atoms with Crippen LogP contribution in [0.3, 0.4) is 0 Å². The summed E-state index contributed by atoms with van der Waals surface area (Å²) < 4.78 is 31.8. The predicted molar refractivity (Wildman–Crippen MR) is 83.4 cm³/mol. The summed E-state index contributed by atoms with van der Waals surface area (Å²) in [7, 11) is -3.58. The number of sulfonamides is 1. The number of esters is 1. The number of allylic oxidation sites excluding steroid dienone is 2. The third-order valence-electron chi connectivity index (χ3n) is 3.42. The maximum atomic E-state index is 12.3. The summed E-state index contributed by atoms with van der Waals surface area (Å²) in [5.41, 5.74) is 0.227. The Morgan fingerprint density at radius 3 is 2.77 bits per heavy atom. The highest BCUT2D eigenvalue weighted by Gasteiger charge is 2.26. The second kappa shape index (κ2) is 6.83. The molecule has 0 saturated carbocycles. The van der Waals surface area contributed by atoms with Crippen LogP contribution in [0.1, 0.15) is 36.5 Å². The van der Waals surface area contributed by atoms with Crippen LogP contribution in [0.5, 0.6) is 5.75 Å². The van der Waals surface area contributed by atoms with Gasteiger partial charge in [-0.1, -0.05) is 12.2 Å². The molecule has 0 amide bonds. The van der Waals surface area contributed by atoms with Gasteiger partial charge in [-0.15, -0.1) is 0 Å². The molecule has 6 nitrogen and oxygen atoms in total. The highest BCUT2D eigenvalue weighted by Crippen LogP contribution is 2.28. The number of anilines is 1. The Morgan fingerprint density at radius 2 is 2.18 bits per heavy atom. The van der Waals surface area contributed by atoms with Gasteiger partial charge in [-0.2, -0.15) is 0 Å². The third kappa shape index (κ3) is 3.79. The molecule has 2 rings (SSSR count). The number of hydrogen-bond acceptors (Lipinski definition) is 5. The summed E-state index contributed by atoms with van der Waals surface area (Å²) in [5.74, 6) is -0.870. The Kier molecular flexibility index (Phi) is 5.07. The van der Waals surface area contributed by atoms with E-state index in [1.54, 1.807) is 6.92 Å². The number of phenolic OH excluding ortho intramolecular Hbond substituents is 1. The van der Waals surface area contributed by atoms with Crippen LogP contribution < -0.4 is 4.72 Å². The Hall–Kier alpha value is -2.02. The fraction of sp³-hybridized carbons (Fsp3) is 0.400. The first kappa shape index (κ1) is 16.4. The lowest BCUT2D eigenvalue weighted by atomic mass is 10.1. The van der Waals surface area contributed by atoms with Gasteiger partial charge in [-0.25, -0.2) is 13.2 Å². The molecule has 0 spiro atoms. The van der Waals surface area contributed by atoms with E-state index in [0.717, 1.165) is 6.42 Å². The molecule has 1 atom stereocenters. The molecule has 1 aliphatic rings. The average molecular weight is 325 g/mol. The Balaban J connectivity index is 2.16. The normalized spacial score (nSPS) is 18.0. The summed E-state index contributed by atoms with van der Waals surface area (Å²) in [6.07, 6.45) is 5.53. The van der Waals surface area contributed by atoms with Crippen molar-refractivity contribution in [2.75, 3.05) is 11.3 Å². The van der Waals surface area contributed by atoms with Crippen LogP contribution in [-0.4, -0.2) is 31.4 Å². The second-order valence-electron chi connectivity index (χ2n) is 5.01. The van der Waals surface area contributed by atoms with E-state index >= 15 is 0 Å². The van der Waals surface area contributed by atoms with Crippen molar-refractivity contribution < 1.29 is 23.1 Å². The number of nitrogens with one attached hydrogen (secondary N) is 1. The summed E-state index contributed by atoms with van der Waals surface area (Å²) >= 11 is 0. The molecular formula is C15H19NO5S. The van der Waals surface area contributed by atoms with Crippen LogP contribution in [-0.2, 0) is 14.8 Å². The van der Waals surface area contributed by atoms with Crippen LogP contribution in [0.4, 0.5) is 5.69 Å². The minimum atomic E-state index is -3.58. The van der Waals surface area contributed by atoms with Gasteiger partial charge >= 0.3 is 5.97 Å². The monoisotopic (exact) mass is 325 g/mol. The van der Waals surface area contributed by atoms with Crippen LogP contribution in [0.25, 0.3) is 0 Å². The van der Waals surface area contributed by atoms with Crippen molar-refractivity contribution in [3.05, 3.63) is 35.9 Å². The second-order valence-corrected chi connectivity index (χ2v) is 6.97. The number of rotatable bonds is 5. The lowest BCUT2D eigenvalue weighted by Gasteiger charge is -2.19. The fourth-order valence-electron chi connectivity index (χ4n) is 2.24. The molecule has 1 aromatic carbocycles. The van der Waals surface area contributed by atoms with Crippen molar-refractivity contribution in [1.82, 2.24) is 0 Å². The van der Waals surface area contributed by atoms with E-state index in [9.17, 15) is 18.3 Å². The topological polar surface area (TPSA) is 92.7 Å². The van der Waals surface area contributed by atoms with Crippen LogP contribution in [0.2, 0.25) is 0 Å². The van der Waals surface area contributed by atoms with Gasteiger partial charge in [0.25, 0.3) is 0 Å². The highest BCUT2D eigenvalue weighted by molar-refractivity contribution is 7.93. The zero-order chi connectivity index (χ0) is 16.2. The van der Waals surface area contributed by atoms with E-state index in [1.165, 1.54) is 18.2 Å². The lowest BCUT2D eigenvalue weighted by Crippen LogP contribution is -2.28. The average Bonchev–Trinajstić information content (AvgIpc) is 2.50. The molecule has 1 aromatic rings. The van der Waals surface area contributed by atoms with Gasteiger partial charge in [0.05, 0.1) is 23.1 Å². The largest absolute Gasteiger partial charge is 0.506 e. The molecule has 0 aliphatic heterocycles. The van der Waals surface area contributed by atoms with Crippen LogP contribution in [0, 0.1) is 0 Å². The summed E-state index contributed by atoms with van der Waals surface area (Å²) in [5, 5.41) is 9.41. The molecule has 7 heteroatoms. The van der Waals surface area contributed by atoms with Crippen molar-refractivity contribution in [1.29, 1.82) is 0 Å². The number of carbonyl (C=O) groups excluding carboxylic acids is 1. The SMILES string of the molecule is CCOC(=O)c1ccc(NS(=O)(=O)C2CC=CCC2)c(O)c1. The molecule has 0 heterocycles. The molecular weight excluding hydrogens is 306 g/mol. The zero-order valence-corrected chi connectivity index (χ0v) is 13.1. The molecule has 0 fully saturated rings. The minimum absolute atomic E-state index is 0.0580. The van der Waals surface area contributed by atoms with E-state index in [1.807, 2.05) is 12.2 Å². The Labute approximate surface area is 129 Å². The molecule has 0 radical (unpaired) electrons. The van der Waals surface area contributed by atoms with Gasteiger partial charge in [-0.3, -0.25) is 4.72 Å². The number of hydrogen-bond donors (Lipinski definition) is 2. The van der Waals surface area contributed by atoms with Gasteiger partial charge in [-0.05, 0) is 44.4 Å². The van der Waals surface area contributed by atoms with Crippen molar-refractivity contribution in [3.8, 4) is 5.75 Å². The molecule has 2 N–H and O–H groups in total. The van der Waals surface area contributed by atoms with E-state index in [0.29, 0.717) is 12.8 Å². The summed E-state index contributed by atoms with van der Waals surface area (Å²) in [4.78, 5) is 11.6. The van der Waals surface area contributed by atoms with Gasteiger partial charge < -0.3 is 9.84 Å². The first-order valence-electron chi connectivity index (χ1n) is 7.11. The van der Waals surface area contributed by atoms with Gasteiger partial charge in [0.15, 0.2) is 0 Å². The van der Waals surface area contributed by atoms with E-state index < -0.39 is 21.2 Å². The quantitative estimate of drug-likeness (QED) is 0.493. The fourth-order valence-corrected chi connectivity index (χ4v) is 3.70. The molecule has 0 aromatic heterocycles. The molecule has 22 heavy (non-hydrogen) atoms. The maximum Gasteiger partial charge on any atom is 0.338 e. The number of ether oxygens (including phenoxy) is 1. The van der Waals surface area contributed by atoms with Gasteiger partial charge in [0, 0.05) is 0 Å². The summed E-state index contributed by atoms with van der Waals surface area (Å²) in [6.45, 7) is 1.90. The highest BCUT2D eigenvalue weighted by atomic mass is 32.2. The molecule has 0 bridgehead atoms. The molecule has 1 unspecified atom stereocenters. The predicted octanol–water partition coefficient (Wildman–Crippen LogP) is 2.42. The van der Waals surface area contributed by atoms with E-state index in [2.05, 4.69) is 4.72 Å². The first-order valence-corrected chi connectivity index (χ1v) is 8.65. The van der Waals surface area contributed by atoms with Crippen molar-refractivity contribution in [2.24, 2.45) is 0 Å². The number of aromatic hydroxyl groups is 1. The van der Waals surface area contributed by atoms with Crippen molar-refractivity contribution in [2.45, 2.75) is 31.4 Å². The zero-order valence-electron chi connectivity index (χ0n) is 12.3. The third-order valence-corrected chi connectivity index (χ3v) is 5.23. The number of phenols is 1. The smallest absolute Gasteiger partial charge is 0.338 e. The molecule has 0 saturated heterocycles. The molecule has 1 aliphatic carbocycles. The van der Waals surface area contributed by atoms with Crippen molar-refractivity contribution in [3.63, 3.8) is 0 Å².